The first kappa shape index (κ1) is 16.8. The highest BCUT2D eigenvalue weighted by Gasteiger charge is 2.33. The molecule has 1 aromatic rings. The van der Waals surface area contributed by atoms with Crippen molar-refractivity contribution in [2.24, 2.45) is 11.7 Å². The number of ether oxygens (including phenoxy) is 1. The van der Waals surface area contributed by atoms with Gasteiger partial charge in [-0.05, 0) is 49.4 Å². The van der Waals surface area contributed by atoms with E-state index in [0.29, 0.717) is 25.5 Å². The summed E-state index contributed by atoms with van der Waals surface area (Å²) in [5.41, 5.74) is 7.12. The van der Waals surface area contributed by atoms with E-state index in [9.17, 15) is 8.78 Å². The number of nitrogens with two attached hydrogens (primary N) is 1. The van der Waals surface area contributed by atoms with Crippen molar-refractivity contribution in [3.63, 3.8) is 0 Å². The maximum atomic E-state index is 13.7. The minimum atomic E-state index is -0.950. The van der Waals surface area contributed by atoms with Crippen LogP contribution in [0.1, 0.15) is 24.8 Å². The number of hydrogen-bond acceptors (Lipinski definition) is 3. The summed E-state index contributed by atoms with van der Waals surface area (Å²) in [6.45, 7) is 3.16. The molecule has 0 radical (unpaired) electrons. The average Bonchev–Trinajstić information content (AvgIpc) is 2.54. The van der Waals surface area contributed by atoms with Crippen LogP contribution in [0.25, 0.3) is 0 Å². The summed E-state index contributed by atoms with van der Waals surface area (Å²) in [6.07, 6.45) is 2.52. The smallest absolute Gasteiger partial charge is 0.123 e. The predicted molar refractivity (Wildman–Crippen MR) is 86.5 cm³/mol. The summed E-state index contributed by atoms with van der Waals surface area (Å²) >= 11 is 0. The highest BCUT2D eigenvalue weighted by molar-refractivity contribution is 5.16. The number of hydrogen-bond donors (Lipinski definition) is 1. The lowest BCUT2D eigenvalue weighted by atomic mass is 9.90. The van der Waals surface area contributed by atoms with Crippen LogP contribution < -0.4 is 5.73 Å². The molecule has 2 aliphatic heterocycles. The van der Waals surface area contributed by atoms with Gasteiger partial charge in [0, 0.05) is 26.1 Å². The second kappa shape index (κ2) is 7.69. The van der Waals surface area contributed by atoms with Gasteiger partial charge in [0.25, 0.3) is 0 Å². The van der Waals surface area contributed by atoms with Crippen molar-refractivity contribution in [1.82, 2.24) is 4.90 Å². The van der Waals surface area contributed by atoms with Gasteiger partial charge in [0.2, 0.25) is 0 Å². The molecule has 2 fully saturated rings. The third-order valence-corrected chi connectivity index (χ3v) is 5.05. The molecular weight excluding hydrogens is 298 g/mol. The molecule has 3 nitrogen and oxygen atoms in total. The van der Waals surface area contributed by atoms with E-state index in [0.717, 1.165) is 25.9 Å². The Bertz CT molecular complexity index is 496. The summed E-state index contributed by atoms with van der Waals surface area (Å²) in [7, 11) is 0. The molecule has 0 aliphatic carbocycles. The topological polar surface area (TPSA) is 38.5 Å². The van der Waals surface area contributed by atoms with Crippen molar-refractivity contribution in [2.75, 3.05) is 26.2 Å². The molecule has 0 unspecified atom stereocenters. The zero-order valence-corrected chi connectivity index (χ0v) is 13.5. The van der Waals surface area contributed by atoms with Crippen LogP contribution in [0, 0.1) is 11.7 Å². The highest BCUT2D eigenvalue weighted by atomic mass is 19.1. The lowest BCUT2D eigenvalue weighted by Crippen LogP contribution is -2.54. The van der Waals surface area contributed by atoms with Gasteiger partial charge in [0.15, 0.2) is 0 Å². The van der Waals surface area contributed by atoms with Crippen molar-refractivity contribution < 1.29 is 13.5 Å². The molecule has 3 rings (SSSR count). The number of rotatable bonds is 4. The van der Waals surface area contributed by atoms with E-state index in [4.69, 9.17) is 10.5 Å². The van der Waals surface area contributed by atoms with Crippen LogP contribution in [0.5, 0.6) is 0 Å². The van der Waals surface area contributed by atoms with E-state index in [-0.39, 0.29) is 11.9 Å². The third kappa shape index (κ3) is 4.49. The Hall–Kier alpha value is -1.04. The molecule has 2 N–H and O–H groups in total. The Morgan fingerprint density at radius 1 is 1.22 bits per heavy atom. The van der Waals surface area contributed by atoms with Gasteiger partial charge in [-0.15, -0.1) is 0 Å². The molecule has 0 amide bonds. The maximum absolute atomic E-state index is 13.7. The number of halogens is 2. The predicted octanol–water partition coefficient (Wildman–Crippen LogP) is 2.53. The van der Waals surface area contributed by atoms with Crippen LogP contribution in [-0.2, 0) is 11.2 Å². The number of alkyl halides is 1. The van der Waals surface area contributed by atoms with Gasteiger partial charge in [0.1, 0.15) is 12.0 Å². The fourth-order valence-corrected chi connectivity index (χ4v) is 3.73. The molecule has 2 saturated heterocycles. The number of piperidine rings is 1. The molecule has 4 atom stereocenters. The minimum absolute atomic E-state index is 0.191. The van der Waals surface area contributed by atoms with Gasteiger partial charge in [-0.2, -0.15) is 0 Å². The van der Waals surface area contributed by atoms with E-state index in [1.54, 1.807) is 0 Å². The molecule has 0 bridgehead atoms. The van der Waals surface area contributed by atoms with Crippen LogP contribution in [-0.4, -0.2) is 49.5 Å². The number of likely N-dealkylation sites (tertiary alicyclic amines) is 1. The molecule has 0 aromatic heterocycles. The third-order valence-electron chi connectivity index (χ3n) is 5.05. The van der Waals surface area contributed by atoms with Crippen molar-refractivity contribution in [1.29, 1.82) is 0 Å². The standard InChI is InChI=1S/C18H26F2N2O/c19-15-5-3-13(4-6-15)10-14-2-1-8-22(11-14)12-17-18(21)16(20)7-9-23-17/h3-6,14,16-18H,1-2,7-12,21H2/t14-,16-,17+,18+/m0/s1. The van der Waals surface area contributed by atoms with Crippen molar-refractivity contribution in [3.05, 3.63) is 35.6 Å². The van der Waals surface area contributed by atoms with Gasteiger partial charge in [-0.25, -0.2) is 8.78 Å². The molecule has 1 aromatic carbocycles. The van der Waals surface area contributed by atoms with E-state index in [1.165, 1.54) is 24.1 Å². The van der Waals surface area contributed by atoms with Gasteiger partial charge < -0.3 is 15.4 Å². The fourth-order valence-electron chi connectivity index (χ4n) is 3.73. The lowest BCUT2D eigenvalue weighted by molar-refractivity contribution is -0.0534. The van der Waals surface area contributed by atoms with Crippen LogP contribution >= 0.6 is 0 Å². The van der Waals surface area contributed by atoms with E-state index in [2.05, 4.69) is 4.90 Å². The van der Waals surface area contributed by atoms with Gasteiger partial charge in [-0.1, -0.05) is 12.1 Å². The van der Waals surface area contributed by atoms with Crippen LogP contribution in [0.4, 0.5) is 8.78 Å². The van der Waals surface area contributed by atoms with E-state index >= 15 is 0 Å². The Labute approximate surface area is 136 Å². The maximum Gasteiger partial charge on any atom is 0.123 e. The molecule has 2 heterocycles. The lowest BCUT2D eigenvalue weighted by Gasteiger charge is -2.38. The van der Waals surface area contributed by atoms with E-state index < -0.39 is 12.2 Å². The molecule has 2 aliphatic rings. The summed E-state index contributed by atoms with van der Waals surface area (Å²) in [5.74, 6) is 0.360. The Morgan fingerprint density at radius 3 is 2.78 bits per heavy atom. The first-order chi connectivity index (χ1) is 11.1. The first-order valence-corrected chi connectivity index (χ1v) is 8.60. The van der Waals surface area contributed by atoms with Crippen LogP contribution in [0.3, 0.4) is 0 Å². The van der Waals surface area contributed by atoms with Crippen molar-refractivity contribution in [3.8, 4) is 0 Å². The average molecular weight is 324 g/mol. The second-order valence-electron chi connectivity index (χ2n) is 6.89. The molecule has 5 heteroatoms. The SMILES string of the molecule is N[C@@H]1[C@@H](F)CCO[C@@H]1CN1CCC[C@@H](Cc2ccc(F)cc2)C1. The number of nitrogens with zero attached hydrogens (tertiary/aromatic N) is 1. The number of benzene rings is 1. The Balaban J connectivity index is 1.52. The molecular formula is C18H26F2N2O. The zero-order chi connectivity index (χ0) is 16.2. The Kier molecular flexibility index (Phi) is 5.62. The molecule has 0 spiro atoms. The minimum Gasteiger partial charge on any atom is -0.375 e. The van der Waals surface area contributed by atoms with Gasteiger partial charge >= 0.3 is 0 Å². The Morgan fingerprint density at radius 2 is 2.00 bits per heavy atom. The van der Waals surface area contributed by atoms with Crippen LogP contribution in [0.2, 0.25) is 0 Å². The molecule has 128 valence electrons. The zero-order valence-electron chi connectivity index (χ0n) is 13.5. The quantitative estimate of drug-likeness (QED) is 0.925. The highest BCUT2D eigenvalue weighted by Crippen LogP contribution is 2.23. The van der Waals surface area contributed by atoms with Crippen molar-refractivity contribution in [2.45, 2.75) is 44.0 Å². The van der Waals surface area contributed by atoms with Gasteiger partial charge in [0.05, 0.1) is 12.1 Å². The summed E-state index contributed by atoms with van der Waals surface area (Å²) in [4.78, 5) is 2.35. The fraction of sp³-hybridized carbons (Fsp3) is 0.667. The summed E-state index contributed by atoms with van der Waals surface area (Å²) < 4.78 is 32.4. The summed E-state index contributed by atoms with van der Waals surface area (Å²) in [5, 5.41) is 0. The second-order valence-corrected chi connectivity index (χ2v) is 6.89. The van der Waals surface area contributed by atoms with Crippen LogP contribution in [0.15, 0.2) is 24.3 Å². The largest absolute Gasteiger partial charge is 0.375 e. The first-order valence-electron chi connectivity index (χ1n) is 8.60. The summed E-state index contributed by atoms with van der Waals surface area (Å²) in [6, 6.07) is 6.25. The van der Waals surface area contributed by atoms with Crippen molar-refractivity contribution >= 4 is 0 Å². The molecule has 0 saturated carbocycles. The molecule has 23 heavy (non-hydrogen) atoms. The van der Waals surface area contributed by atoms with E-state index in [1.807, 2.05) is 12.1 Å². The van der Waals surface area contributed by atoms with Gasteiger partial charge in [-0.3, -0.25) is 0 Å². The monoisotopic (exact) mass is 324 g/mol. The normalized spacial score (nSPS) is 32.8.